The van der Waals surface area contributed by atoms with E-state index >= 15 is 0 Å². The lowest BCUT2D eigenvalue weighted by Crippen LogP contribution is -2.44. The number of hydrogen-bond donors (Lipinski definition) is 1. The summed E-state index contributed by atoms with van der Waals surface area (Å²) >= 11 is 3.50. The zero-order chi connectivity index (χ0) is 14.5. The molecule has 20 heavy (non-hydrogen) atoms. The van der Waals surface area contributed by atoms with E-state index in [1.165, 1.54) is 42.1 Å². The van der Waals surface area contributed by atoms with Crippen molar-refractivity contribution in [2.75, 3.05) is 0 Å². The van der Waals surface area contributed by atoms with Crippen LogP contribution in [0, 0.1) is 5.92 Å². The number of halogens is 1. The molecule has 1 nitrogen and oxygen atoms in total. The average molecular weight is 338 g/mol. The molecule has 1 atom stereocenters. The highest BCUT2D eigenvalue weighted by atomic mass is 79.9. The number of hydrogen-bond acceptors (Lipinski definition) is 1. The lowest BCUT2D eigenvalue weighted by Gasteiger charge is -2.38. The molecule has 1 aromatic rings. The summed E-state index contributed by atoms with van der Waals surface area (Å²) in [6, 6.07) is 10.2. The maximum Gasteiger partial charge on any atom is 0.0175 e. The lowest BCUT2D eigenvalue weighted by molar-refractivity contribution is 0.262. The highest BCUT2D eigenvalue weighted by Gasteiger charge is 2.30. The van der Waals surface area contributed by atoms with Gasteiger partial charge in [-0.15, -0.1) is 0 Å². The fourth-order valence-corrected chi connectivity index (χ4v) is 3.34. The van der Waals surface area contributed by atoms with Crippen molar-refractivity contribution in [3.63, 3.8) is 0 Å². The lowest BCUT2D eigenvalue weighted by atomic mass is 9.75. The summed E-state index contributed by atoms with van der Waals surface area (Å²) in [6.07, 6.45) is 6.64. The van der Waals surface area contributed by atoms with Crippen LogP contribution in [0.15, 0.2) is 28.7 Å². The summed E-state index contributed by atoms with van der Waals surface area (Å²) < 4.78 is 1.18. The van der Waals surface area contributed by atoms with Gasteiger partial charge in [-0.1, -0.05) is 54.8 Å². The minimum absolute atomic E-state index is 0.671. The Hall–Kier alpha value is -0.340. The molecule has 112 valence electrons. The first-order chi connectivity index (χ1) is 9.54. The van der Waals surface area contributed by atoms with Crippen molar-refractivity contribution in [1.82, 2.24) is 5.32 Å². The second-order valence-corrected chi connectivity index (χ2v) is 7.72. The van der Waals surface area contributed by atoms with Gasteiger partial charge in [0.2, 0.25) is 0 Å². The molecule has 0 amide bonds. The summed E-state index contributed by atoms with van der Waals surface area (Å²) in [7, 11) is 0. The van der Waals surface area contributed by atoms with Gasteiger partial charge in [0, 0.05) is 16.6 Å². The first-order valence-electron chi connectivity index (χ1n) is 8.06. The molecule has 1 saturated carbocycles. The Morgan fingerprint density at radius 2 is 1.75 bits per heavy atom. The largest absolute Gasteiger partial charge is 0.311 e. The summed E-state index contributed by atoms with van der Waals surface area (Å²) in [6.45, 7) is 6.97. The Balaban J connectivity index is 1.65. The molecule has 0 aromatic heterocycles. The van der Waals surface area contributed by atoms with Crippen LogP contribution < -0.4 is 5.32 Å². The van der Waals surface area contributed by atoms with Crippen molar-refractivity contribution < 1.29 is 0 Å². The zero-order valence-corrected chi connectivity index (χ0v) is 14.6. The van der Waals surface area contributed by atoms with Gasteiger partial charge in [0.1, 0.15) is 0 Å². The van der Waals surface area contributed by atoms with Crippen LogP contribution in [0.2, 0.25) is 0 Å². The van der Waals surface area contributed by atoms with E-state index in [1.54, 1.807) is 0 Å². The summed E-state index contributed by atoms with van der Waals surface area (Å²) in [4.78, 5) is 0. The SMILES string of the molecule is CC(C)CCCC(C)NC1CC(c2ccc(Br)cc2)C1. The Kier molecular flexibility index (Phi) is 6.10. The van der Waals surface area contributed by atoms with Crippen LogP contribution >= 0.6 is 15.9 Å². The van der Waals surface area contributed by atoms with Gasteiger partial charge < -0.3 is 5.32 Å². The van der Waals surface area contributed by atoms with E-state index in [1.807, 2.05) is 0 Å². The topological polar surface area (TPSA) is 12.0 Å². The molecule has 1 unspecified atom stereocenters. The second kappa shape index (κ2) is 7.61. The van der Waals surface area contributed by atoms with Crippen molar-refractivity contribution >= 4 is 15.9 Å². The highest BCUT2D eigenvalue weighted by molar-refractivity contribution is 9.10. The molecule has 1 fully saturated rings. The number of rotatable bonds is 7. The van der Waals surface area contributed by atoms with Gasteiger partial charge in [0.25, 0.3) is 0 Å². The smallest absolute Gasteiger partial charge is 0.0175 e. The van der Waals surface area contributed by atoms with Crippen LogP contribution in [-0.4, -0.2) is 12.1 Å². The van der Waals surface area contributed by atoms with Crippen molar-refractivity contribution in [3.05, 3.63) is 34.3 Å². The van der Waals surface area contributed by atoms with Gasteiger partial charge in [-0.3, -0.25) is 0 Å². The van der Waals surface area contributed by atoms with E-state index in [9.17, 15) is 0 Å². The summed E-state index contributed by atoms with van der Waals surface area (Å²) in [5.41, 5.74) is 1.50. The van der Waals surface area contributed by atoms with Crippen LogP contribution in [-0.2, 0) is 0 Å². The molecule has 2 heteroatoms. The first kappa shape index (κ1) is 16.0. The van der Waals surface area contributed by atoms with Crippen LogP contribution in [0.4, 0.5) is 0 Å². The molecule has 0 spiro atoms. The Labute approximate surface area is 132 Å². The standard InChI is InChI=1S/C18H28BrN/c1-13(2)5-4-6-14(3)20-18-11-16(12-18)15-7-9-17(19)10-8-15/h7-10,13-14,16,18,20H,4-6,11-12H2,1-3H3. The molecule has 0 radical (unpaired) electrons. The summed E-state index contributed by atoms with van der Waals surface area (Å²) in [5, 5.41) is 3.79. The van der Waals surface area contributed by atoms with E-state index in [-0.39, 0.29) is 0 Å². The van der Waals surface area contributed by atoms with Crippen molar-refractivity contribution in [3.8, 4) is 0 Å². The highest BCUT2D eigenvalue weighted by Crippen LogP contribution is 2.37. The van der Waals surface area contributed by atoms with Gasteiger partial charge in [-0.2, -0.15) is 0 Å². The quantitative estimate of drug-likeness (QED) is 0.692. The summed E-state index contributed by atoms with van der Waals surface area (Å²) in [5.74, 6) is 1.61. The Morgan fingerprint density at radius 1 is 1.10 bits per heavy atom. The van der Waals surface area contributed by atoms with Crippen LogP contribution in [0.25, 0.3) is 0 Å². The van der Waals surface area contributed by atoms with E-state index in [0.717, 1.165) is 17.9 Å². The van der Waals surface area contributed by atoms with Crippen LogP contribution in [0.3, 0.4) is 0 Å². The maximum absolute atomic E-state index is 3.79. The first-order valence-corrected chi connectivity index (χ1v) is 8.85. The molecule has 1 aliphatic carbocycles. The monoisotopic (exact) mass is 337 g/mol. The number of nitrogens with one attached hydrogen (secondary N) is 1. The maximum atomic E-state index is 3.79. The molecule has 0 heterocycles. The van der Waals surface area contributed by atoms with Crippen molar-refractivity contribution in [1.29, 1.82) is 0 Å². The number of benzene rings is 1. The molecular formula is C18H28BrN. The Bertz CT molecular complexity index is 392. The molecule has 0 bridgehead atoms. The van der Waals surface area contributed by atoms with Gasteiger partial charge in [-0.05, 0) is 55.7 Å². The molecule has 0 saturated heterocycles. The van der Waals surface area contributed by atoms with Crippen molar-refractivity contribution in [2.24, 2.45) is 5.92 Å². The van der Waals surface area contributed by atoms with E-state index in [2.05, 4.69) is 66.3 Å². The van der Waals surface area contributed by atoms with Gasteiger partial charge in [0.15, 0.2) is 0 Å². The van der Waals surface area contributed by atoms with Crippen LogP contribution in [0.5, 0.6) is 0 Å². The molecule has 1 aromatic carbocycles. The third kappa shape index (κ3) is 4.89. The molecular weight excluding hydrogens is 310 g/mol. The van der Waals surface area contributed by atoms with E-state index in [0.29, 0.717) is 6.04 Å². The van der Waals surface area contributed by atoms with Crippen molar-refractivity contribution in [2.45, 2.75) is 70.9 Å². The van der Waals surface area contributed by atoms with Gasteiger partial charge in [-0.25, -0.2) is 0 Å². The average Bonchev–Trinajstić information content (AvgIpc) is 2.34. The minimum atomic E-state index is 0.671. The second-order valence-electron chi connectivity index (χ2n) is 6.81. The predicted molar refractivity (Wildman–Crippen MR) is 91.2 cm³/mol. The third-order valence-electron chi connectivity index (χ3n) is 4.42. The molecule has 1 N–H and O–H groups in total. The van der Waals surface area contributed by atoms with Gasteiger partial charge >= 0.3 is 0 Å². The molecule has 1 aliphatic rings. The van der Waals surface area contributed by atoms with E-state index in [4.69, 9.17) is 0 Å². The van der Waals surface area contributed by atoms with E-state index < -0.39 is 0 Å². The molecule has 2 rings (SSSR count). The fourth-order valence-electron chi connectivity index (χ4n) is 3.08. The zero-order valence-electron chi connectivity index (χ0n) is 13.0. The Morgan fingerprint density at radius 3 is 2.35 bits per heavy atom. The van der Waals surface area contributed by atoms with Gasteiger partial charge in [0.05, 0.1) is 0 Å². The third-order valence-corrected chi connectivity index (χ3v) is 4.95. The minimum Gasteiger partial charge on any atom is -0.311 e. The normalized spacial score (nSPS) is 23.6. The molecule has 0 aliphatic heterocycles. The fraction of sp³-hybridized carbons (Fsp3) is 0.667. The van der Waals surface area contributed by atoms with Crippen LogP contribution in [0.1, 0.15) is 64.4 Å². The predicted octanol–water partition coefficient (Wildman–Crippen LogP) is 5.50.